The second kappa shape index (κ2) is 3.03. The molecule has 17 heavy (non-hydrogen) atoms. The third-order valence-corrected chi connectivity index (χ3v) is 3.58. The molecule has 2 unspecified atom stereocenters. The van der Waals surface area contributed by atoms with Gasteiger partial charge in [0.2, 0.25) is 5.85 Å². The Morgan fingerprint density at radius 3 is 2.29 bits per heavy atom. The van der Waals surface area contributed by atoms with Crippen LogP contribution < -0.4 is 0 Å². The summed E-state index contributed by atoms with van der Waals surface area (Å²) in [7, 11) is 2.96. The number of hydrogen-bond donors (Lipinski definition) is 2. The average Bonchev–Trinajstić information content (AvgIpc) is 2.46. The van der Waals surface area contributed by atoms with E-state index in [1.807, 2.05) is 0 Å². The molecule has 0 aromatic rings. The molecule has 0 aromatic carbocycles. The van der Waals surface area contributed by atoms with Gasteiger partial charge in [-0.3, -0.25) is 10.0 Å². The Balaban J connectivity index is 2.61. The van der Waals surface area contributed by atoms with Crippen LogP contribution in [0.5, 0.6) is 0 Å². The van der Waals surface area contributed by atoms with Gasteiger partial charge in [-0.1, -0.05) is 0 Å². The summed E-state index contributed by atoms with van der Waals surface area (Å²) in [4.78, 5) is 29.8. The first-order valence-electron chi connectivity index (χ1n) is 5.02. The minimum atomic E-state index is -1.60. The molecule has 2 atom stereocenters. The highest BCUT2D eigenvalue weighted by Crippen LogP contribution is 2.37. The van der Waals surface area contributed by atoms with Crippen LogP contribution >= 0.6 is 0 Å². The largest absolute Gasteiger partial charge is 0.357 e. The van der Waals surface area contributed by atoms with Crippen molar-refractivity contribution in [2.45, 2.75) is 25.4 Å². The van der Waals surface area contributed by atoms with Gasteiger partial charge in [-0.15, -0.1) is 5.06 Å². The summed E-state index contributed by atoms with van der Waals surface area (Å²) < 4.78 is 0. The SMILES string of the molecule is CN1C(=O)N(O)C(=O)C2=NC(C)(O)N(C)C21C. The van der Waals surface area contributed by atoms with Crippen molar-refractivity contribution in [3.05, 3.63) is 0 Å². The molecule has 1 fully saturated rings. The Bertz CT molecular complexity index is 446. The summed E-state index contributed by atoms with van der Waals surface area (Å²) >= 11 is 0. The third kappa shape index (κ3) is 1.20. The van der Waals surface area contributed by atoms with Crippen LogP contribution in [0.4, 0.5) is 4.79 Å². The lowest BCUT2D eigenvalue weighted by Crippen LogP contribution is -2.71. The van der Waals surface area contributed by atoms with Gasteiger partial charge in [0.25, 0.3) is 0 Å². The Morgan fingerprint density at radius 2 is 1.76 bits per heavy atom. The van der Waals surface area contributed by atoms with Crippen molar-refractivity contribution in [2.24, 2.45) is 4.99 Å². The molecule has 0 bridgehead atoms. The van der Waals surface area contributed by atoms with Crippen molar-refractivity contribution in [1.82, 2.24) is 14.9 Å². The molecule has 2 N–H and O–H groups in total. The summed E-state index contributed by atoms with van der Waals surface area (Å²) in [6.45, 7) is 2.98. The molecule has 2 aliphatic heterocycles. The van der Waals surface area contributed by atoms with E-state index in [-0.39, 0.29) is 10.8 Å². The van der Waals surface area contributed by atoms with Crippen LogP contribution in [-0.4, -0.2) is 68.4 Å². The van der Waals surface area contributed by atoms with Crippen LogP contribution in [0.1, 0.15) is 13.8 Å². The molecule has 0 saturated carbocycles. The van der Waals surface area contributed by atoms with Gasteiger partial charge in [0.15, 0.2) is 0 Å². The Kier molecular flexibility index (Phi) is 2.13. The summed E-state index contributed by atoms with van der Waals surface area (Å²) in [5.41, 5.74) is -1.24. The lowest BCUT2D eigenvalue weighted by molar-refractivity contribution is -0.158. The number of nitrogens with zero attached hydrogens (tertiary/aromatic N) is 4. The van der Waals surface area contributed by atoms with E-state index in [0.717, 1.165) is 4.90 Å². The Hall–Kier alpha value is -1.51. The molecule has 8 heteroatoms. The first kappa shape index (κ1) is 12.0. The zero-order chi connectivity index (χ0) is 13.2. The van der Waals surface area contributed by atoms with Crippen LogP contribution in [0.25, 0.3) is 0 Å². The molecule has 8 nitrogen and oxygen atoms in total. The minimum Gasteiger partial charge on any atom is -0.357 e. The topological polar surface area (TPSA) is 96.7 Å². The fourth-order valence-electron chi connectivity index (χ4n) is 2.11. The van der Waals surface area contributed by atoms with Crippen molar-refractivity contribution in [3.8, 4) is 0 Å². The molecule has 2 heterocycles. The van der Waals surface area contributed by atoms with E-state index in [0.29, 0.717) is 0 Å². The average molecular weight is 242 g/mol. The molecule has 3 amide bonds. The number of hydroxylamine groups is 2. The number of amides is 3. The highest BCUT2D eigenvalue weighted by Gasteiger charge is 2.60. The molecule has 0 aliphatic carbocycles. The van der Waals surface area contributed by atoms with E-state index < -0.39 is 23.5 Å². The first-order valence-corrected chi connectivity index (χ1v) is 5.02. The number of rotatable bonds is 0. The van der Waals surface area contributed by atoms with Crippen molar-refractivity contribution in [1.29, 1.82) is 0 Å². The van der Waals surface area contributed by atoms with Crippen LogP contribution in [0.15, 0.2) is 4.99 Å². The quantitative estimate of drug-likeness (QED) is 0.533. The summed E-state index contributed by atoms with van der Waals surface area (Å²) in [5.74, 6) is -2.51. The fourth-order valence-corrected chi connectivity index (χ4v) is 2.11. The second-order valence-corrected chi connectivity index (χ2v) is 4.47. The van der Waals surface area contributed by atoms with E-state index in [2.05, 4.69) is 4.99 Å². The number of aliphatic hydroxyl groups is 1. The lowest BCUT2D eigenvalue weighted by atomic mass is 10.0. The number of hydrogen-bond acceptors (Lipinski definition) is 6. The van der Waals surface area contributed by atoms with Crippen molar-refractivity contribution < 1.29 is 19.9 Å². The monoisotopic (exact) mass is 242 g/mol. The van der Waals surface area contributed by atoms with Crippen molar-refractivity contribution in [2.75, 3.05) is 14.1 Å². The van der Waals surface area contributed by atoms with Crippen LogP contribution in [0, 0.1) is 0 Å². The highest BCUT2D eigenvalue weighted by atomic mass is 16.5. The maximum absolute atomic E-state index is 11.8. The maximum atomic E-state index is 11.8. The van der Waals surface area contributed by atoms with Gasteiger partial charge in [0, 0.05) is 14.0 Å². The van der Waals surface area contributed by atoms with Gasteiger partial charge in [-0.05, 0) is 14.0 Å². The zero-order valence-corrected chi connectivity index (χ0v) is 10.00. The Morgan fingerprint density at radius 1 is 1.24 bits per heavy atom. The molecular weight excluding hydrogens is 228 g/mol. The highest BCUT2D eigenvalue weighted by molar-refractivity contribution is 6.46. The van der Waals surface area contributed by atoms with E-state index in [1.54, 1.807) is 14.0 Å². The Labute approximate surface area is 97.7 Å². The van der Waals surface area contributed by atoms with Crippen molar-refractivity contribution >= 4 is 17.6 Å². The molecule has 0 radical (unpaired) electrons. The van der Waals surface area contributed by atoms with Gasteiger partial charge in [0.05, 0.1) is 0 Å². The normalized spacial score (nSPS) is 38.6. The van der Waals surface area contributed by atoms with Gasteiger partial charge in [0.1, 0.15) is 11.4 Å². The lowest BCUT2D eigenvalue weighted by Gasteiger charge is -2.46. The smallest absolute Gasteiger partial charge is 0.353 e. The van der Waals surface area contributed by atoms with Crippen LogP contribution in [0.3, 0.4) is 0 Å². The number of fused-ring (bicyclic) bond motifs is 1. The maximum Gasteiger partial charge on any atom is 0.353 e. The molecule has 2 aliphatic rings. The molecule has 94 valence electrons. The number of urea groups is 1. The molecule has 2 rings (SSSR count). The number of aliphatic imine (C=N–C) groups is 1. The van der Waals surface area contributed by atoms with Gasteiger partial charge in [-0.2, -0.15) is 0 Å². The predicted molar refractivity (Wildman–Crippen MR) is 56.0 cm³/mol. The van der Waals surface area contributed by atoms with E-state index in [9.17, 15) is 19.9 Å². The summed E-state index contributed by atoms with van der Waals surface area (Å²) in [6.07, 6.45) is 0. The van der Waals surface area contributed by atoms with E-state index >= 15 is 0 Å². The standard InChI is InChI=1S/C9H14N4O4/c1-8-5(10-9(2,16)12(8)4)6(14)13(17)7(15)11(8)3/h16-17H,1-4H3. The van der Waals surface area contributed by atoms with Crippen LogP contribution in [-0.2, 0) is 4.79 Å². The van der Waals surface area contributed by atoms with Gasteiger partial charge >= 0.3 is 11.9 Å². The molecule has 1 saturated heterocycles. The number of carbonyl (C=O) groups excluding carboxylic acids is 2. The number of carbonyl (C=O) groups is 2. The van der Waals surface area contributed by atoms with Gasteiger partial charge in [-0.25, -0.2) is 14.7 Å². The van der Waals surface area contributed by atoms with Crippen molar-refractivity contribution in [3.63, 3.8) is 0 Å². The summed E-state index contributed by atoms with van der Waals surface area (Å²) in [6, 6.07) is -0.860. The predicted octanol–water partition coefficient (Wildman–Crippen LogP) is -0.962. The number of imide groups is 1. The van der Waals surface area contributed by atoms with E-state index in [4.69, 9.17) is 0 Å². The van der Waals surface area contributed by atoms with Gasteiger partial charge < -0.3 is 10.0 Å². The second-order valence-electron chi connectivity index (χ2n) is 4.47. The first-order chi connectivity index (χ1) is 7.64. The third-order valence-electron chi connectivity index (χ3n) is 3.58. The minimum absolute atomic E-state index is 0.00414. The molecular formula is C9H14N4O4. The zero-order valence-electron chi connectivity index (χ0n) is 10.00. The molecule has 0 aromatic heterocycles. The molecule has 0 spiro atoms. The fraction of sp³-hybridized carbons (Fsp3) is 0.667. The van der Waals surface area contributed by atoms with Crippen LogP contribution in [0.2, 0.25) is 0 Å². The van der Waals surface area contributed by atoms with E-state index in [1.165, 1.54) is 18.9 Å². The summed E-state index contributed by atoms with van der Waals surface area (Å²) in [5, 5.41) is 19.4.